The van der Waals surface area contributed by atoms with Crippen molar-refractivity contribution in [3.05, 3.63) is 42.1 Å². The molecule has 0 saturated heterocycles. The summed E-state index contributed by atoms with van der Waals surface area (Å²) in [5.74, 6) is 1.10. The van der Waals surface area contributed by atoms with Crippen LogP contribution in [0.1, 0.15) is 26.3 Å². The van der Waals surface area contributed by atoms with Crippen molar-refractivity contribution in [2.75, 3.05) is 29.2 Å². The summed E-state index contributed by atoms with van der Waals surface area (Å²) in [6.07, 6.45) is -0.938. The first-order valence-electron chi connectivity index (χ1n) is 9.61. The number of carbonyl (C=O) groups excluding carboxylic acids is 1. The number of nitrogens with one attached hydrogen (secondary N) is 2. The molecule has 0 saturated carbocycles. The Morgan fingerprint density at radius 2 is 1.90 bits per heavy atom. The fourth-order valence-corrected chi connectivity index (χ4v) is 3.07. The number of nitrogens with zero attached hydrogens (tertiary/aromatic N) is 3. The molecule has 3 rings (SSSR count). The lowest BCUT2D eigenvalue weighted by molar-refractivity contribution is -0.137. The van der Waals surface area contributed by atoms with Crippen LogP contribution in [0.3, 0.4) is 0 Å². The van der Waals surface area contributed by atoms with Crippen molar-refractivity contribution in [1.29, 1.82) is 0 Å². The number of alkyl halides is 3. The van der Waals surface area contributed by atoms with Crippen LogP contribution in [0, 0.1) is 5.41 Å². The summed E-state index contributed by atoms with van der Waals surface area (Å²) in [7, 11) is 0. The highest BCUT2D eigenvalue weighted by Crippen LogP contribution is 2.37. The molecule has 2 heterocycles. The Labute approximate surface area is 182 Å². The maximum absolute atomic E-state index is 13.5. The molecule has 0 unspecified atom stereocenters. The fraction of sp³-hybridized carbons (Fsp3) is 0.381. The molecule has 31 heavy (non-hydrogen) atoms. The van der Waals surface area contributed by atoms with E-state index < -0.39 is 23.1 Å². The molecule has 0 radical (unpaired) electrons. The van der Waals surface area contributed by atoms with E-state index in [1.165, 1.54) is 12.1 Å². The number of rotatable bonds is 6. The molecule has 166 valence electrons. The minimum atomic E-state index is -4.60. The lowest BCUT2D eigenvalue weighted by Crippen LogP contribution is -2.28. The molecule has 0 aliphatic rings. The van der Waals surface area contributed by atoms with Gasteiger partial charge in [0, 0.05) is 23.3 Å². The van der Waals surface area contributed by atoms with Gasteiger partial charge in [0.15, 0.2) is 5.65 Å². The molecule has 2 aromatic heterocycles. The largest absolute Gasteiger partial charge is 0.418 e. The van der Waals surface area contributed by atoms with Crippen LogP contribution in [0.15, 0.2) is 36.5 Å². The Morgan fingerprint density at radius 3 is 2.55 bits per heavy atom. The number of halogens is 3. The lowest BCUT2D eigenvalue weighted by Gasteiger charge is -2.20. The average molecular weight is 452 g/mol. The second kappa shape index (κ2) is 8.78. The van der Waals surface area contributed by atoms with Crippen LogP contribution < -0.4 is 10.6 Å². The van der Waals surface area contributed by atoms with Gasteiger partial charge in [0.2, 0.25) is 5.91 Å². The van der Waals surface area contributed by atoms with E-state index in [-0.39, 0.29) is 5.69 Å². The number of hydrogen-bond donors (Lipinski definition) is 2. The summed E-state index contributed by atoms with van der Waals surface area (Å²) in [6.45, 7) is 5.67. The third-order valence-corrected chi connectivity index (χ3v) is 5.09. The molecule has 1 amide bonds. The first kappa shape index (κ1) is 22.9. The number of hydrogen-bond acceptors (Lipinski definition) is 5. The number of thioether (sulfide) groups is 1. The van der Waals surface area contributed by atoms with E-state index >= 15 is 0 Å². The Morgan fingerprint density at radius 1 is 1.16 bits per heavy atom. The van der Waals surface area contributed by atoms with Crippen LogP contribution in [0.4, 0.5) is 24.7 Å². The molecular formula is C21H24F3N5OS. The molecule has 0 atom stereocenters. The topological polar surface area (TPSA) is 71.3 Å². The molecule has 3 aromatic rings. The third kappa shape index (κ3) is 5.49. The van der Waals surface area contributed by atoms with Crippen LogP contribution in [-0.2, 0) is 11.0 Å². The van der Waals surface area contributed by atoms with Crippen LogP contribution in [0.25, 0.3) is 16.9 Å². The Kier molecular flexibility index (Phi) is 6.49. The summed E-state index contributed by atoms with van der Waals surface area (Å²) in [5, 5.41) is 10.1. The Balaban J connectivity index is 1.97. The zero-order valence-corrected chi connectivity index (χ0v) is 18.5. The number of aromatic nitrogens is 3. The van der Waals surface area contributed by atoms with Crippen molar-refractivity contribution in [3.8, 4) is 11.3 Å². The molecule has 0 aliphatic carbocycles. The number of anilines is 2. The highest BCUT2D eigenvalue weighted by molar-refractivity contribution is 7.98. The van der Waals surface area contributed by atoms with Crippen molar-refractivity contribution in [2.45, 2.75) is 26.9 Å². The minimum absolute atomic E-state index is 0.297. The molecule has 1 aromatic carbocycles. The average Bonchev–Trinajstić information content (AvgIpc) is 3.10. The first-order chi connectivity index (χ1) is 14.5. The van der Waals surface area contributed by atoms with E-state index in [1.54, 1.807) is 55.4 Å². The number of fused-ring (bicyclic) bond motifs is 1. The molecule has 0 spiro atoms. The van der Waals surface area contributed by atoms with Gasteiger partial charge in [-0.1, -0.05) is 26.8 Å². The molecule has 0 aliphatic heterocycles. The van der Waals surface area contributed by atoms with Crippen molar-refractivity contribution in [1.82, 2.24) is 14.6 Å². The van der Waals surface area contributed by atoms with Gasteiger partial charge in [-0.2, -0.15) is 24.9 Å². The van der Waals surface area contributed by atoms with Crippen molar-refractivity contribution < 1.29 is 18.0 Å². The maximum atomic E-state index is 13.5. The highest BCUT2D eigenvalue weighted by atomic mass is 32.2. The first-order valence-corrected chi connectivity index (χ1v) is 11.0. The minimum Gasteiger partial charge on any atom is -0.368 e. The van der Waals surface area contributed by atoms with E-state index in [0.717, 1.165) is 18.4 Å². The summed E-state index contributed by atoms with van der Waals surface area (Å²) >= 11 is 1.72. The third-order valence-electron chi connectivity index (χ3n) is 4.48. The molecule has 0 bridgehead atoms. The summed E-state index contributed by atoms with van der Waals surface area (Å²) in [6, 6.07) is 7.18. The summed E-state index contributed by atoms with van der Waals surface area (Å²) in [4.78, 5) is 16.8. The number of benzene rings is 1. The molecule has 0 fully saturated rings. The van der Waals surface area contributed by atoms with Gasteiger partial charge in [0.05, 0.1) is 23.1 Å². The predicted octanol–water partition coefficient (Wildman–Crippen LogP) is 5.17. The van der Waals surface area contributed by atoms with Crippen LogP contribution in [-0.4, -0.2) is 39.1 Å². The SMILES string of the molecule is CSCCNc1ccc2nc(-c3ccc(C(F)(F)F)c(NC(=O)C(C)(C)C)c3)cn2n1. The molecule has 10 heteroatoms. The van der Waals surface area contributed by atoms with Gasteiger partial charge in [-0.05, 0) is 30.5 Å². The van der Waals surface area contributed by atoms with Gasteiger partial charge in [-0.25, -0.2) is 9.50 Å². The maximum Gasteiger partial charge on any atom is 0.418 e. The molecule has 2 N–H and O–H groups in total. The standard InChI is InChI=1S/C21H24F3N5OS/c1-20(2,3)19(30)27-15-11-13(5-6-14(15)21(22,23)24)16-12-29-18(26-16)8-7-17(28-29)25-9-10-31-4/h5-8,11-12H,9-10H2,1-4H3,(H,25,28)(H,27,30). The van der Waals surface area contributed by atoms with E-state index in [1.807, 2.05) is 6.26 Å². The van der Waals surface area contributed by atoms with Gasteiger partial charge >= 0.3 is 6.18 Å². The van der Waals surface area contributed by atoms with E-state index in [2.05, 4.69) is 20.7 Å². The number of carbonyl (C=O) groups is 1. The van der Waals surface area contributed by atoms with Crippen LogP contribution >= 0.6 is 11.8 Å². The van der Waals surface area contributed by atoms with Crippen molar-refractivity contribution >= 4 is 34.8 Å². The zero-order valence-electron chi connectivity index (χ0n) is 17.7. The molecular weight excluding hydrogens is 427 g/mol. The smallest absolute Gasteiger partial charge is 0.368 e. The van der Waals surface area contributed by atoms with Gasteiger partial charge in [-0.3, -0.25) is 4.79 Å². The quantitative estimate of drug-likeness (QED) is 0.506. The van der Waals surface area contributed by atoms with Gasteiger partial charge in [-0.15, -0.1) is 5.10 Å². The molecule has 6 nitrogen and oxygen atoms in total. The van der Waals surface area contributed by atoms with Gasteiger partial charge in [0.25, 0.3) is 0 Å². The highest BCUT2D eigenvalue weighted by Gasteiger charge is 2.35. The summed E-state index contributed by atoms with van der Waals surface area (Å²) < 4.78 is 42.0. The lowest BCUT2D eigenvalue weighted by atomic mass is 9.95. The van der Waals surface area contributed by atoms with Crippen molar-refractivity contribution in [2.24, 2.45) is 5.41 Å². The van der Waals surface area contributed by atoms with E-state index in [0.29, 0.717) is 22.7 Å². The number of imidazole rings is 1. The van der Waals surface area contributed by atoms with Crippen LogP contribution in [0.2, 0.25) is 0 Å². The normalized spacial score (nSPS) is 12.2. The van der Waals surface area contributed by atoms with Gasteiger partial charge in [0.1, 0.15) is 5.82 Å². The van der Waals surface area contributed by atoms with E-state index in [9.17, 15) is 18.0 Å². The second-order valence-electron chi connectivity index (χ2n) is 8.03. The monoisotopic (exact) mass is 451 g/mol. The fourth-order valence-electron chi connectivity index (χ4n) is 2.76. The Bertz CT molecular complexity index is 1090. The van der Waals surface area contributed by atoms with Crippen molar-refractivity contribution in [3.63, 3.8) is 0 Å². The number of amides is 1. The van der Waals surface area contributed by atoms with E-state index in [4.69, 9.17) is 0 Å². The van der Waals surface area contributed by atoms with Gasteiger partial charge < -0.3 is 10.6 Å². The summed E-state index contributed by atoms with van der Waals surface area (Å²) in [5.41, 5.74) is -0.588. The predicted molar refractivity (Wildman–Crippen MR) is 118 cm³/mol. The zero-order chi connectivity index (χ0) is 22.8. The Hall–Kier alpha value is -2.75. The second-order valence-corrected chi connectivity index (χ2v) is 9.01. The van der Waals surface area contributed by atoms with Crippen LogP contribution in [0.5, 0.6) is 0 Å².